The maximum absolute atomic E-state index is 13.6. The molecule has 12 heteroatoms. The van der Waals surface area contributed by atoms with Gasteiger partial charge in [0.05, 0.1) is 30.8 Å². The lowest BCUT2D eigenvalue weighted by Gasteiger charge is -2.33. The number of hydrogen-bond acceptors (Lipinski definition) is 10. The van der Waals surface area contributed by atoms with Crippen molar-refractivity contribution < 1.29 is 47.7 Å². The molecule has 0 bridgehead atoms. The third-order valence-corrected chi connectivity index (χ3v) is 8.06. The van der Waals surface area contributed by atoms with Gasteiger partial charge in [-0.05, 0) is 62.8 Å². The Labute approximate surface area is 315 Å². The van der Waals surface area contributed by atoms with Crippen LogP contribution in [0.15, 0.2) is 62.2 Å². The van der Waals surface area contributed by atoms with Crippen LogP contribution in [0.2, 0.25) is 0 Å². The molecule has 2 N–H and O–H groups in total. The maximum Gasteiger partial charge on any atom is 0.338 e. The SMILES string of the molecule is C=CC(=O)CCCCOCC(COCCCCC(=O)C=C)(COCCCNC(=O)C=C)COC(=O)c1ccccc1C(=O)CCCNC(=O)C(C)(C)C. The Morgan fingerprint density at radius 2 is 1.13 bits per heavy atom. The smallest absolute Gasteiger partial charge is 0.338 e. The minimum Gasteiger partial charge on any atom is -0.461 e. The van der Waals surface area contributed by atoms with E-state index in [9.17, 15) is 28.8 Å². The second-order valence-electron chi connectivity index (χ2n) is 13.9. The lowest BCUT2D eigenvalue weighted by molar-refractivity contribution is -0.128. The zero-order valence-corrected chi connectivity index (χ0v) is 32.0. The number of hydrogen-bond donors (Lipinski definition) is 2. The molecule has 0 unspecified atom stereocenters. The van der Waals surface area contributed by atoms with Crippen LogP contribution < -0.4 is 10.6 Å². The Morgan fingerprint density at radius 3 is 1.64 bits per heavy atom. The quantitative estimate of drug-likeness (QED) is 0.0427. The molecule has 0 aliphatic heterocycles. The Hall–Kier alpha value is -4.26. The van der Waals surface area contributed by atoms with E-state index in [1.54, 1.807) is 18.2 Å². The summed E-state index contributed by atoms with van der Waals surface area (Å²) in [5.41, 5.74) is -1.17. The molecule has 2 amide bonds. The van der Waals surface area contributed by atoms with Crippen molar-refractivity contribution in [2.75, 3.05) is 59.3 Å². The van der Waals surface area contributed by atoms with Gasteiger partial charge < -0.3 is 29.6 Å². The van der Waals surface area contributed by atoms with Crippen molar-refractivity contribution in [1.82, 2.24) is 10.6 Å². The van der Waals surface area contributed by atoms with Crippen molar-refractivity contribution in [2.45, 2.75) is 78.6 Å². The summed E-state index contributed by atoms with van der Waals surface area (Å²) in [6.45, 7) is 17.7. The molecule has 0 saturated heterocycles. The summed E-state index contributed by atoms with van der Waals surface area (Å²) in [6, 6.07) is 6.44. The lowest BCUT2D eigenvalue weighted by atomic mass is 9.92. The number of rotatable bonds is 31. The van der Waals surface area contributed by atoms with Crippen LogP contribution in [0, 0.1) is 10.8 Å². The fourth-order valence-electron chi connectivity index (χ4n) is 4.84. The summed E-state index contributed by atoms with van der Waals surface area (Å²) in [7, 11) is 0. The Kier molecular flexibility index (Phi) is 23.4. The molecule has 0 spiro atoms. The van der Waals surface area contributed by atoms with Gasteiger partial charge in [-0.25, -0.2) is 4.79 Å². The molecule has 1 aromatic carbocycles. The van der Waals surface area contributed by atoms with E-state index >= 15 is 0 Å². The van der Waals surface area contributed by atoms with Crippen molar-refractivity contribution >= 4 is 35.1 Å². The number of amides is 2. The predicted octanol–water partition coefficient (Wildman–Crippen LogP) is 5.55. The highest BCUT2D eigenvalue weighted by Crippen LogP contribution is 2.24. The Bertz CT molecular complexity index is 1290. The van der Waals surface area contributed by atoms with E-state index in [4.69, 9.17) is 18.9 Å². The van der Waals surface area contributed by atoms with Gasteiger partial charge in [-0.1, -0.05) is 58.7 Å². The molecule has 0 fully saturated rings. The molecule has 0 aromatic heterocycles. The summed E-state index contributed by atoms with van der Waals surface area (Å²) in [4.78, 5) is 73.8. The van der Waals surface area contributed by atoms with Gasteiger partial charge in [0.1, 0.15) is 6.61 Å². The number of ether oxygens (including phenoxy) is 4. The molecule has 1 aromatic rings. The molecule has 1 rings (SSSR count). The van der Waals surface area contributed by atoms with Crippen LogP contribution in [0.5, 0.6) is 0 Å². The van der Waals surface area contributed by atoms with Crippen LogP contribution in [-0.2, 0) is 38.1 Å². The van der Waals surface area contributed by atoms with Crippen LogP contribution in [0.1, 0.15) is 99.3 Å². The van der Waals surface area contributed by atoms with Crippen LogP contribution in [0.3, 0.4) is 0 Å². The monoisotopic (exact) mass is 740 g/mol. The van der Waals surface area contributed by atoms with Crippen molar-refractivity contribution in [2.24, 2.45) is 10.8 Å². The van der Waals surface area contributed by atoms with Crippen molar-refractivity contribution in [3.05, 3.63) is 73.4 Å². The van der Waals surface area contributed by atoms with Gasteiger partial charge in [0.15, 0.2) is 17.3 Å². The second-order valence-corrected chi connectivity index (χ2v) is 13.9. The minimum atomic E-state index is -0.960. The molecular formula is C41H60N2O10. The zero-order valence-electron chi connectivity index (χ0n) is 32.0. The van der Waals surface area contributed by atoms with Crippen molar-refractivity contribution in [3.63, 3.8) is 0 Å². The average molecular weight is 741 g/mol. The van der Waals surface area contributed by atoms with Gasteiger partial charge in [0, 0.05) is 63.2 Å². The molecule has 0 radical (unpaired) electrons. The molecule has 0 aliphatic carbocycles. The number of esters is 1. The van der Waals surface area contributed by atoms with Gasteiger partial charge >= 0.3 is 5.97 Å². The van der Waals surface area contributed by atoms with E-state index in [0.717, 1.165) is 0 Å². The van der Waals surface area contributed by atoms with E-state index in [2.05, 4.69) is 30.4 Å². The summed E-state index contributed by atoms with van der Waals surface area (Å²) in [6.07, 6.45) is 8.02. The van der Waals surface area contributed by atoms with Crippen LogP contribution >= 0.6 is 0 Å². The maximum atomic E-state index is 13.6. The van der Waals surface area contributed by atoms with Crippen molar-refractivity contribution in [1.29, 1.82) is 0 Å². The van der Waals surface area contributed by atoms with Gasteiger partial charge in [0.2, 0.25) is 11.8 Å². The number of nitrogens with one attached hydrogen (secondary N) is 2. The first kappa shape index (κ1) is 46.8. The normalized spacial score (nSPS) is 11.3. The summed E-state index contributed by atoms with van der Waals surface area (Å²) >= 11 is 0. The molecule has 12 nitrogen and oxygen atoms in total. The van der Waals surface area contributed by atoms with Gasteiger partial charge in [-0.15, -0.1) is 0 Å². The number of allylic oxidation sites excluding steroid dienone is 2. The first-order valence-electron chi connectivity index (χ1n) is 18.3. The molecule has 0 aliphatic rings. The fourth-order valence-corrected chi connectivity index (χ4v) is 4.84. The van der Waals surface area contributed by atoms with Crippen LogP contribution in [-0.4, -0.2) is 94.5 Å². The summed E-state index contributed by atoms with van der Waals surface area (Å²) < 4.78 is 24.0. The van der Waals surface area contributed by atoms with E-state index in [1.807, 2.05) is 20.8 Å². The van der Waals surface area contributed by atoms with E-state index < -0.39 is 16.8 Å². The van der Waals surface area contributed by atoms with E-state index in [-0.39, 0.29) is 79.7 Å². The van der Waals surface area contributed by atoms with Gasteiger partial charge in [0.25, 0.3) is 0 Å². The number of carbonyl (C=O) groups excluding carboxylic acids is 6. The largest absolute Gasteiger partial charge is 0.461 e. The standard InChI is InChI=1S/C41H60N2O10/c1-7-32(44)18-12-14-25-50-28-41(29-51-26-15-13-19-33(45)8-2,30-52-27-17-24-42-37(47)9-3)31-53-38(48)35-21-11-10-20-34(35)36(46)22-16-23-43-39(49)40(4,5)6/h7-11,20-21H,1-3,12-19,22-31H2,4-6H3,(H,42,47)(H,43,49). The molecule has 0 saturated carbocycles. The van der Waals surface area contributed by atoms with Gasteiger partial charge in [-0.3, -0.25) is 24.0 Å². The van der Waals surface area contributed by atoms with E-state index in [1.165, 1.54) is 24.3 Å². The Balaban J connectivity index is 3.10. The van der Waals surface area contributed by atoms with Crippen molar-refractivity contribution in [3.8, 4) is 0 Å². The summed E-state index contributed by atoms with van der Waals surface area (Å²) in [5, 5.41) is 5.53. The lowest BCUT2D eigenvalue weighted by Crippen LogP contribution is -2.43. The topological polar surface area (TPSA) is 163 Å². The minimum absolute atomic E-state index is 0.0433. The number of Topliss-reactive ketones (excluding diaryl/α,β-unsaturated/α-hetero) is 1. The third kappa shape index (κ3) is 20.5. The third-order valence-electron chi connectivity index (χ3n) is 8.06. The number of carbonyl (C=O) groups is 6. The number of ketones is 3. The molecule has 294 valence electrons. The fraction of sp³-hybridized carbons (Fsp3) is 0.561. The Morgan fingerprint density at radius 1 is 0.623 bits per heavy atom. The highest BCUT2D eigenvalue weighted by Gasteiger charge is 2.34. The number of benzene rings is 1. The second kappa shape index (κ2) is 26.5. The molecule has 0 heterocycles. The molecular weight excluding hydrogens is 680 g/mol. The highest BCUT2D eigenvalue weighted by atomic mass is 16.5. The highest BCUT2D eigenvalue weighted by molar-refractivity contribution is 6.06. The van der Waals surface area contributed by atoms with E-state index in [0.29, 0.717) is 77.7 Å². The molecule has 0 atom stereocenters. The zero-order chi connectivity index (χ0) is 39.5. The predicted molar refractivity (Wildman–Crippen MR) is 204 cm³/mol. The molecule has 53 heavy (non-hydrogen) atoms. The van der Waals surface area contributed by atoms with Crippen LogP contribution in [0.4, 0.5) is 0 Å². The van der Waals surface area contributed by atoms with Crippen LogP contribution in [0.25, 0.3) is 0 Å². The first-order valence-corrected chi connectivity index (χ1v) is 18.3. The number of unbranched alkanes of at least 4 members (excludes halogenated alkanes) is 2. The first-order chi connectivity index (χ1) is 25.3. The van der Waals surface area contributed by atoms with Gasteiger partial charge in [-0.2, -0.15) is 0 Å². The summed E-state index contributed by atoms with van der Waals surface area (Å²) in [5.74, 6) is -1.44. The average Bonchev–Trinajstić information content (AvgIpc) is 3.15.